The number of amides is 1. The Hall–Kier alpha value is -4.02. The molecule has 9 nitrogen and oxygen atoms in total. The summed E-state index contributed by atoms with van der Waals surface area (Å²) in [4.78, 5) is 28.4. The van der Waals surface area contributed by atoms with Crippen LogP contribution in [0.25, 0.3) is 11.8 Å². The molecule has 1 aromatic heterocycles. The highest BCUT2D eigenvalue weighted by atomic mass is 32.1. The van der Waals surface area contributed by atoms with Crippen molar-refractivity contribution >= 4 is 46.4 Å². The van der Waals surface area contributed by atoms with Gasteiger partial charge in [-0.3, -0.25) is 19.8 Å². The van der Waals surface area contributed by atoms with Crippen molar-refractivity contribution in [2.45, 2.75) is 27.7 Å². The van der Waals surface area contributed by atoms with Crippen LogP contribution < -0.4 is 15.1 Å². The van der Waals surface area contributed by atoms with Gasteiger partial charge in [-0.05, 0) is 93.0 Å². The number of thiocarbonyl (C=S) groups is 1. The summed E-state index contributed by atoms with van der Waals surface area (Å²) < 4.78 is 7.36. The minimum atomic E-state index is -0.339. The predicted molar refractivity (Wildman–Crippen MR) is 152 cm³/mol. The second kappa shape index (κ2) is 10.0. The van der Waals surface area contributed by atoms with Crippen LogP contribution in [0.2, 0.25) is 0 Å². The number of nitrogens with one attached hydrogen (secondary N) is 1. The molecular weight excluding hydrogens is 502 g/mol. The van der Waals surface area contributed by atoms with E-state index in [-0.39, 0.29) is 16.5 Å². The minimum Gasteiger partial charge on any atom is -0.378 e. The number of hydrogen-bond acceptors (Lipinski definition) is 6. The molecule has 196 valence electrons. The summed E-state index contributed by atoms with van der Waals surface area (Å²) >= 11 is 5.49. The first kappa shape index (κ1) is 25.6. The van der Waals surface area contributed by atoms with Crippen molar-refractivity contribution in [3.63, 3.8) is 0 Å². The third-order valence-corrected chi connectivity index (χ3v) is 7.45. The lowest BCUT2D eigenvalue weighted by atomic mass is 10.1. The Morgan fingerprint density at radius 2 is 1.71 bits per heavy atom. The number of rotatable bonds is 5. The molecule has 2 fully saturated rings. The summed E-state index contributed by atoms with van der Waals surface area (Å²) in [5.74, 6) is -0.228. The highest BCUT2D eigenvalue weighted by molar-refractivity contribution is 7.80. The topological polar surface area (TPSA) is 92.9 Å². The Balaban J connectivity index is 1.48. The van der Waals surface area contributed by atoms with Crippen LogP contribution in [-0.4, -0.2) is 46.8 Å². The van der Waals surface area contributed by atoms with E-state index in [1.165, 1.54) is 4.90 Å². The van der Waals surface area contributed by atoms with Gasteiger partial charge < -0.3 is 19.5 Å². The Morgan fingerprint density at radius 3 is 2.39 bits per heavy atom. The summed E-state index contributed by atoms with van der Waals surface area (Å²) in [7, 11) is 0. The number of benzene rings is 2. The zero-order chi connectivity index (χ0) is 27.1. The van der Waals surface area contributed by atoms with E-state index in [1.807, 2.05) is 67.5 Å². The van der Waals surface area contributed by atoms with Gasteiger partial charge in [0.25, 0.3) is 11.6 Å². The SMILES string of the molecule is Cc1ccc(N2C(=O)/C(=C/c3cc(C)n(-c4ccc(N5CCOCC5)c([N+](=O)[O-])c4)c3C)NC2=S)cc1C. The molecule has 0 spiro atoms. The molecule has 2 saturated heterocycles. The van der Waals surface area contributed by atoms with Gasteiger partial charge in [0.15, 0.2) is 5.11 Å². The zero-order valence-electron chi connectivity index (χ0n) is 21.8. The number of anilines is 2. The van der Waals surface area contributed by atoms with Crippen LogP contribution >= 0.6 is 12.2 Å². The van der Waals surface area contributed by atoms with E-state index in [1.54, 1.807) is 18.2 Å². The summed E-state index contributed by atoms with van der Waals surface area (Å²) in [6.45, 7) is 10.2. The first-order valence-corrected chi connectivity index (χ1v) is 12.8. The fraction of sp³-hybridized carbons (Fsp3) is 0.286. The molecule has 0 aliphatic carbocycles. The van der Waals surface area contributed by atoms with E-state index in [4.69, 9.17) is 17.0 Å². The van der Waals surface area contributed by atoms with Crippen LogP contribution in [0.5, 0.6) is 0 Å². The van der Waals surface area contributed by atoms with E-state index in [0.717, 1.165) is 33.8 Å². The van der Waals surface area contributed by atoms with Gasteiger partial charge in [-0.2, -0.15) is 0 Å². The molecule has 1 amide bonds. The van der Waals surface area contributed by atoms with E-state index < -0.39 is 0 Å². The molecule has 10 heteroatoms. The van der Waals surface area contributed by atoms with Crippen molar-refractivity contribution in [1.82, 2.24) is 9.88 Å². The maximum atomic E-state index is 13.3. The van der Waals surface area contributed by atoms with Crippen LogP contribution in [0.4, 0.5) is 17.1 Å². The molecule has 3 aromatic rings. The van der Waals surface area contributed by atoms with Crippen LogP contribution in [0.3, 0.4) is 0 Å². The molecule has 0 atom stereocenters. The predicted octanol–water partition coefficient (Wildman–Crippen LogP) is 4.72. The smallest absolute Gasteiger partial charge is 0.294 e. The van der Waals surface area contributed by atoms with Crippen molar-refractivity contribution in [1.29, 1.82) is 0 Å². The largest absolute Gasteiger partial charge is 0.378 e. The molecule has 0 saturated carbocycles. The normalized spacial score (nSPS) is 16.9. The first-order chi connectivity index (χ1) is 18.2. The third-order valence-electron chi connectivity index (χ3n) is 7.16. The Labute approximate surface area is 226 Å². The molecule has 0 bridgehead atoms. The van der Waals surface area contributed by atoms with Crippen molar-refractivity contribution in [3.05, 3.63) is 86.4 Å². The van der Waals surface area contributed by atoms with Crippen LogP contribution in [0.1, 0.15) is 28.1 Å². The van der Waals surface area contributed by atoms with E-state index in [9.17, 15) is 14.9 Å². The van der Waals surface area contributed by atoms with Crippen molar-refractivity contribution in [3.8, 4) is 5.69 Å². The third kappa shape index (κ3) is 4.57. The Morgan fingerprint density at radius 1 is 1.00 bits per heavy atom. The van der Waals surface area contributed by atoms with E-state index in [0.29, 0.717) is 48.5 Å². The number of aromatic nitrogens is 1. The quantitative estimate of drug-likeness (QED) is 0.220. The average Bonchev–Trinajstić information content (AvgIpc) is 3.34. The number of aryl methyl sites for hydroxylation is 3. The van der Waals surface area contributed by atoms with Crippen molar-refractivity contribution < 1.29 is 14.5 Å². The van der Waals surface area contributed by atoms with Gasteiger partial charge in [-0.1, -0.05) is 6.07 Å². The fourth-order valence-electron chi connectivity index (χ4n) is 4.99. The van der Waals surface area contributed by atoms with Gasteiger partial charge >= 0.3 is 0 Å². The second-order valence-corrected chi connectivity index (χ2v) is 9.98. The molecule has 2 aliphatic heterocycles. The van der Waals surface area contributed by atoms with Gasteiger partial charge in [-0.15, -0.1) is 0 Å². The molecule has 2 aliphatic rings. The molecule has 1 N–H and O–H groups in total. The first-order valence-electron chi connectivity index (χ1n) is 12.4. The van der Waals surface area contributed by atoms with Gasteiger partial charge in [-0.25, -0.2) is 0 Å². The van der Waals surface area contributed by atoms with Gasteiger partial charge in [0.2, 0.25) is 0 Å². The van der Waals surface area contributed by atoms with Crippen molar-refractivity contribution in [2.24, 2.45) is 0 Å². The maximum Gasteiger partial charge on any atom is 0.294 e. The molecular formula is C28H29N5O4S. The van der Waals surface area contributed by atoms with Gasteiger partial charge in [0, 0.05) is 30.5 Å². The molecule has 0 radical (unpaired) electrons. The number of nitrogens with zero attached hydrogens (tertiary/aromatic N) is 4. The number of carbonyl (C=O) groups excluding carboxylic acids is 1. The summed E-state index contributed by atoms with van der Waals surface area (Å²) in [5, 5.41) is 15.4. The maximum absolute atomic E-state index is 13.3. The monoisotopic (exact) mass is 531 g/mol. The number of carbonyl (C=O) groups is 1. The average molecular weight is 532 g/mol. The Bertz CT molecular complexity index is 1500. The second-order valence-electron chi connectivity index (χ2n) is 9.59. The molecule has 5 rings (SSSR count). The van der Waals surface area contributed by atoms with Crippen LogP contribution in [-0.2, 0) is 9.53 Å². The summed E-state index contributed by atoms with van der Waals surface area (Å²) in [5.41, 5.74) is 7.21. The lowest BCUT2D eigenvalue weighted by Gasteiger charge is -2.28. The highest BCUT2D eigenvalue weighted by Gasteiger charge is 2.32. The molecule has 3 heterocycles. The standard InChI is InChI=1S/C28H29N5O4S/c1-17-5-6-22(13-18(17)2)32-27(34)24(29-28(32)38)15-21-14-19(3)31(20(21)4)23-7-8-25(26(16-23)33(35)36)30-9-11-37-12-10-30/h5-8,13-16H,9-12H2,1-4H3,(H,29,38)/b24-15-. The van der Waals surface area contributed by atoms with Crippen LogP contribution in [0.15, 0.2) is 48.2 Å². The minimum absolute atomic E-state index is 0.0545. The van der Waals surface area contributed by atoms with Crippen LogP contribution in [0, 0.1) is 37.8 Å². The number of nitro groups is 1. The van der Waals surface area contributed by atoms with Crippen molar-refractivity contribution in [2.75, 3.05) is 36.1 Å². The Kier molecular flexibility index (Phi) is 6.77. The molecule has 0 unspecified atom stereocenters. The lowest BCUT2D eigenvalue weighted by Crippen LogP contribution is -2.36. The van der Waals surface area contributed by atoms with E-state index >= 15 is 0 Å². The lowest BCUT2D eigenvalue weighted by molar-refractivity contribution is -0.384. The number of ether oxygens (including phenoxy) is 1. The summed E-state index contributed by atoms with van der Waals surface area (Å²) in [6.07, 6.45) is 1.78. The number of hydrogen-bond donors (Lipinski definition) is 1. The fourth-order valence-corrected chi connectivity index (χ4v) is 5.29. The molecule has 2 aromatic carbocycles. The van der Waals surface area contributed by atoms with Gasteiger partial charge in [0.1, 0.15) is 11.4 Å². The highest BCUT2D eigenvalue weighted by Crippen LogP contribution is 2.33. The van der Waals surface area contributed by atoms with Gasteiger partial charge in [0.05, 0.1) is 29.5 Å². The zero-order valence-corrected chi connectivity index (χ0v) is 22.6. The van der Waals surface area contributed by atoms with E-state index in [2.05, 4.69) is 5.32 Å². The molecule has 38 heavy (non-hydrogen) atoms. The number of morpholine rings is 1. The summed E-state index contributed by atoms with van der Waals surface area (Å²) in [6, 6.07) is 13.1. The number of nitro benzene ring substituents is 1.